The first-order valence-corrected chi connectivity index (χ1v) is 6.85. The number of aromatic nitrogens is 1. The Morgan fingerprint density at radius 3 is 2.90 bits per heavy atom. The molecule has 2 aromatic rings. The second kappa shape index (κ2) is 5.34. The number of rotatable bonds is 3. The first-order chi connectivity index (χ1) is 10.0. The maximum absolute atomic E-state index is 11.4. The Balaban J connectivity index is 1.92. The number of amides is 1. The van der Waals surface area contributed by atoms with Crippen LogP contribution in [-0.4, -0.2) is 40.3 Å². The molecule has 2 N–H and O–H groups in total. The van der Waals surface area contributed by atoms with Gasteiger partial charge in [0.15, 0.2) is 0 Å². The van der Waals surface area contributed by atoms with Crippen LogP contribution in [0.25, 0.3) is 10.9 Å². The molecule has 2 heterocycles. The van der Waals surface area contributed by atoms with Crippen LogP contribution in [0.4, 0.5) is 5.69 Å². The lowest BCUT2D eigenvalue weighted by Gasteiger charge is -2.25. The molecular weight excluding hydrogens is 296 g/mol. The van der Waals surface area contributed by atoms with Crippen molar-refractivity contribution in [1.82, 2.24) is 15.2 Å². The number of piperazine rings is 1. The monoisotopic (exact) mass is 308 g/mol. The van der Waals surface area contributed by atoms with E-state index < -0.39 is 4.92 Å². The van der Waals surface area contributed by atoms with Crippen molar-refractivity contribution in [1.29, 1.82) is 0 Å². The third-order valence-corrected chi connectivity index (χ3v) is 3.65. The van der Waals surface area contributed by atoms with E-state index in [1.165, 1.54) is 6.07 Å². The molecule has 110 valence electrons. The molecule has 8 heteroatoms. The molecule has 1 aliphatic heterocycles. The van der Waals surface area contributed by atoms with Crippen molar-refractivity contribution in [3.05, 3.63) is 39.0 Å². The van der Waals surface area contributed by atoms with Gasteiger partial charge in [-0.2, -0.15) is 0 Å². The molecule has 0 atom stereocenters. The van der Waals surface area contributed by atoms with E-state index >= 15 is 0 Å². The molecule has 1 fully saturated rings. The van der Waals surface area contributed by atoms with E-state index in [1.54, 1.807) is 6.07 Å². The minimum atomic E-state index is -0.456. The molecule has 21 heavy (non-hydrogen) atoms. The van der Waals surface area contributed by atoms with E-state index in [9.17, 15) is 14.9 Å². The number of halogens is 1. The molecule has 1 aromatic carbocycles. The highest BCUT2D eigenvalue weighted by Crippen LogP contribution is 2.30. The highest BCUT2D eigenvalue weighted by molar-refractivity contribution is 6.31. The molecule has 0 spiro atoms. The number of nitrogens with zero attached hydrogens (tertiary/aromatic N) is 2. The van der Waals surface area contributed by atoms with Crippen molar-refractivity contribution in [2.75, 3.05) is 19.6 Å². The summed E-state index contributed by atoms with van der Waals surface area (Å²) in [5, 5.41) is 14.9. The van der Waals surface area contributed by atoms with Crippen molar-refractivity contribution in [3.63, 3.8) is 0 Å². The standard InChI is InChI=1S/C13H13ClN4O3/c14-9-3-8-4-10(6-17-2-1-15-12(19)7-17)16-13(8)11(5-9)18(20)21/h3-5,16H,1-2,6-7H2,(H,15,19). The topological polar surface area (TPSA) is 91.3 Å². The zero-order chi connectivity index (χ0) is 15.0. The fraction of sp³-hybridized carbons (Fsp3) is 0.308. The number of hydrogen-bond donors (Lipinski definition) is 2. The number of carbonyl (C=O) groups is 1. The molecule has 0 radical (unpaired) electrons. The molecular formula is C13H13ClN4O3. The molecule has 0 aliphatic carbocycles. The number of non-ortho nitro benzene ring substituents is 1. The van der Waals surface area contributed by atoms with Gasteiger partial charge in [-0.3, -0.25) is 19.8 Å². The number of hydrogen-bond acceptors (Lipinski definition) is 4. The molecule has 1 amide bonds. The lowest BCUT2D eigenvalue weighted by molar-refractivity contribution is -0.383. The van der Waals surface area contributed by atoms with Gasteiger partial charge in [0.2, 0.25) is 5.91 Å². The van der Waals surface area contributed by atoms with Crippen LogP contribution in [-0.2, 0) is 11.3 Å². The Morgan fingerprint density at radius 2 is 2.19 bits per heavy atom. The van der Waals surface area contributed by atoms with Gasteiger partial charge >= 0.3 is 0 Å². The first-order valence-electron chi connectivity index (χ1n) is 6.47. The van der Waals surface area contributed by atoms with Crippen LogP contribution < -0.4 is 5.32 Å². The SMILES string of the molecule is O=C1CN(Cc2cc3cc(Cl)cc([N+](=O)[O-])c3[nH]2)CCN1. The fourth-order valence-corrected chi connectivity index (χ4v) is 2.76. The summed E-state index contributed by atoms with van der Waals surface area (Å²) in [5.74, 6) is -0.00798. The third kappa shape index (κ3) is 2.84. The second-order valence-electron chi connectivity index (χ2n) is 5.00. The molecule has 0 unspecified atom stereocenters. The van der Waals surface area contributed by atoms with Crippen molar-refractivity contribution >= 4 is 34.1 Å². The number of H-pyrrole nitrogens is 1. The predicted molar refractivity (Wildman–Crippen MR) is 78.2 cm³/mol. The van der Waals surface area contributed by atoms with Gasteiger partial charge < -0.3 is 10.3 Å². The van der Waals surface area contributed by atoms with E-state index in [-0.39, 0.29) is 11.6 Å². The zero-order valence-electron chi connectivity index (χ0n) is 11.1. The van der Waals surface area contributed by atoms with Crippen molar-refractivity contribution in [2.24, 2.45) is 0 Å². The number of nitro benzene ring substituents is 1. The van der Waals surface area contributed by atoms with E-state index in [0.29, 0.717) is 35.6 Å². The Labute approximate surface area is 125 Å². The van der Waals surface area contributed by atoms with Crippen LogP contribution in [0.2, 0.25) is 5.02 Å². The smallest absolute Gasteiger partial charge is 0.294 e. The van der Waals surface area contributed by atoms with Gasteiger partial charge in [0, 0.05) is 41.8 Å². The predicted octanol–water partition coefficient (Wildman–Crippen LogP) is 1.66. The molecule has 3 rings (SSSR count). The molecule has 1 aliphatic rings. The van der Waals surface area contributed by atoms with Crippen molar-refractivity contribution in [3.8, 4) is 0 Å². The van der Waals surface area contributed by atoms with Gasteiger partial charge in [0.05, 0.1) is 11.5 Å². The van der Waals surface area contributed by atoms with E-state index in [4.69, 9.17) is 11.6 Å². The molecule has 1 aromatic heterocycles. The first kappa shape index (κ1) is 13.8. The van der Waals surface area contributed by atoms with Crippen molar-refractivity contribution < 1.29 is 9.72 Å². The molecule has 0 bridgehead atoms. The average molecular weight is 309 g/mol. The Kier molecular flexibility index (Phi) is 3.52. The summed E-state index contributed by atoms with van der Waals surface area (Å²) in [6, 6.07) is 4.85. The fourth-order valence-electron chi connectivity index (χ4n) is 2.54. The van der Waals surface area contributed by atoms with Gasteiger partial charge in [0.25, 0.3) is 5.69 Å². The maximum Gasteiger partial charge on any atom is 0.294 e. The summed E-state index contributed by atoms with van der Waals surface area (Å²) in [7, 11) is 0. The maximum atomic E-state index is 11.4. The van der Waals surface area contributed by atoms with Gasteiger partial charge in [-0.25, -0.2) is 0 Å². The summed E-state index contributed by atoms with van der Waals surface area (Å²) in [4.78, 5) is 27.0. The lowest BCUT2D eigenvalue weighted by Crippen LogP contribution is -2.47. The van der Waals surface area contributed by atoms with Crippen LogP contribution in [0.1, 0.15) is 5.69 Å². The lowest BCUT2D eigenvalue weighted by atomic mass is 10.2. The number of aromatic amines is 1. The second-order valence-corrected chi connectivity index (χ2v) is 5.44. The van der Waals surface area contributed by atoms with Gasteiger partial charge in [-0.05, 0) is 12.1 Å². The third-order valence-electron chi connectivity index (χ3n) is 3.44. The molecule has 0 saturated carbocycles. The summed E-state index contributed by atoms with van der Waals surface area (Å²) < 4.78 is 0. The number of carbonyl (C=O) groups excluding carboxylic acids is 1. The minimum Gasteiger partial charge on any atom is -0.354 e. The zero-order valence-corrected chi connectivity index (χ0v) is 11.8. The summed E-state index contributed by atoms with van der Waals surface area (Å²) in [6.07, 6.45) is 0. The Bertz CT molecular complexity index is 728. The van der Waals surface area contributed by atoms with Crippen LogP contribution in [0.5, 0.6) is 0 Å². The van der Waals surface area contributed by atoms with E-state index in [2.05, 4.69) is 10.3 Å². The molecule has 7 nitrogen and oxygen atoms in total. The normalized spacial score (nSPS) is 16.1. The van der Waals surface area contributed by atoms with E-state index in [0.717, 1.165) is 12.2 Å². The Morgan fingerprint density at radius 1 is 1.38 bits per heavy atom. The number of fused-ring (bicyclic) bond motifs is 1. The number of nitrogens with one attached hydrogen (secondary N) is 2. The summed E-state index contributed by atoms with van der Waals surface area (Å²) in [5.41, 5.74) is 1.24. The van der Waals surface area contributed by atoms with Gasteiger partial charge in [-0.1, -0.05) is 11.6 Å². The van der Waals surface area contributed by atoms with Crippen LogP contribution in [0, 0.1) is 10.1 Å². The Hall–Kier alpha value is -2.12. The van der Waals surface area contributed by atoms with Crippen molar-refractivity contribution in [2.45, 2.75) is 6.54 Å². The average Bonchev–Trinajstić information content (AvgIpc) is 2.79. The largest absolute Gasteiger partial charge is 0.354 e. The van der Waals surface area contributed by atoms with Crippen LogP contribution in [0.3, 0.4) is 0 Å². The number of benzene rings is 1. The van der Waals surface area contributed by atoms with Crippen LogP contribution in [0.15, 0.2) is 18.2 Å². The van der Waals surface area contributed by atoms with Gasteiger partial charge in [0.1, 0.15) is 5.52 Å². The highest BCUT2D eigenvalue weighted by atomic mass is 35.5. The highest BCUT2D eigenvalue weighted by Gasteiger charge is 2.19. The minimum absolute atomic E-state index is 0.00798. The molecule has 1 saturated heterocycles. The number of nitro groups is 1. The van der Waals surface area contributed by atoms with Crippen LogP contribution >= 0.6 is 11.6 Å². The van der Waals surface area contributed by atoms with Gasteiger partial charge in [-0.15, -0.1) is 0 Å². The quantitative estimate of drug-likeness (QED) is 0.666. The van der Waals surface area contributed by atoms with E-state index in [1.807, 2.05) is 11.0 Å². The summed E-state index contributed by atoms with van der Waals surface area (Å²) >= 11 is 5.91. The summed E-state index contributed by atoms with van der Waals surface area (Å²) in [6.45, 7) is 2.24.